The normalized spacial score (nSPS) is 12.3. The fraction of sp³-hybridized carbons (Fsp3) is 0.500. The monoisotopic (exact) mass is 292 g/mol. The minimum atomic E-state index is -4.84. The van der Waals surface area contributed by atoms with Crippen molar-refractivity contribution >= 4 is 5.97 Å². The van der Waals surface area contributed by atoms with Gasteiger partial charge in [0.15, 0.2) is 0 Å². The van der Waals surface area contributed by atoms with Gasteiger partial charge in [-0.05, 0) is 24.0 Å². The molecule has 0 aliphatic heterocycles. The molecule has 0 spiro atoms. The van der Waals surface area contributed by atoms with Crippen LogP contribution in [0.5, 0.6) is 0 Å². The zero-order valence-electron chi connectivity index (χ0n) is 11.5. The van der Waals surface area contributed by atoms with Crippen LogP contribution in [0.3, 0.4) is 0 Å². The quantitative estimate of drug-likeness (QED) is 0.608. The summed E-state index contributed by atoms with van der Waals surface area (Å²) in [5.74, 6) is -2.68. The molecule has 0 unspecified atom stereocenters. The number of hydrogen-bond acceptors (Lipinski definition) is 2. The number of carbonyl (C=O) groups excluding carboxylic acids is 1. The van der Waals surface area contributed by atoms with E-state index in [0.717, 1.165) is 12.1 Å². The topological polar surface area (TPSA) is 26.3 Å². The smallest absolute Gasteiger partial charge is 0.419 e. The Bertz CT molecular complexity index is 487. The second-order valence-corrected chi connectivity index (χ2v) is 5.61. The predicted molar refractivity (Wildman–Crippen MR) is 65.8 cm³/mol. The summed E-state index contributed by atoms with van der Waals surface area (Å²) in [6, 6.07) is 2.54. The summed E-state index contributed by atoms with van der Waals surface area (Å²) < 4.78 is 56.0. The van der Waals surface area contributed by atoms with Gasteiger partial charge in [-0.1, -0.05) is 26.8 Å². The number of esters is 1. The molecule has 1 aromatic carbocycles. The van der Waals surface area contributed by atoms with Gasteiger partial charge in [0, 0.05) is 0 Å². The number of carbonyl (C=O) groups is 1. The van der Waals surface area contributed by atoms with Gasteiger partial charge in [-0.25, -0.2) is 9.18 Å². The third-order valence-corrected chi connectivity index (χ3v) is 2.61. The first-order valence-corrected chi connectivity index (χ1v) is 6.05. The predicted octanol–water partition coefficient (Wildman–Crippen LogP) is 4.44. The van der Waals surface area contributed by atoms with Gasteiger partial charge in [0.2, 0.25) is 0 Å². The number of benzene rings is 1. The van der Waals surface area contributed by atoms with Gasteiger partial charge in [0.05, 0.1) is 17.7 Å². The molecule has 0 saturated carbocycles. The van der Waals surface area contributed by atoms with Gasteiger partial charge in [-0.15, -0.1) is 0 Å². The lowest BCUT2D eigenvalue weighted by Gasteiger charge is -2.17. The largest absolute Gasteiger partial charge is 0.462 e. The minimum absolute atomic E-state index is 0.0258. The minimum Gasteiger partial charge on any atom is -0.462 e. The van der Waals surface area contributed by atoms with E-state index >= 15 is 0 Å². The van der Waals surface area contributed by atoms with Crippen molar-refractivity contribution < 1.29 is 27.1 Å². The van der Waals surface area contributed by atoms with Crippen molar-refractivity contribution in [2.75, 3.05) is 6.61 Å². The average Bonchev–Trinajstić information content (AvgIpc) is 2.25. The number of hydrogen-bond donors (Lipinski definition) is 0. The van der Waals surface area contributed by atoms with E-state index in [4.69, 9.17) is 4.74 Å². The zero-order chi connectivity index (χ0) is 15.6. The maximum absolute atomic E-state index is 13.7. The molecule has 0 amide bonds. The highest BCUT2D eigenvalue weighted by Gasteiger charge is 2.35. The standard InChI is InChI=1S/C14H16F4O2/c1-13(2,3)7-8-20-12(19)9-5-4-6-10(11(9)15)14(16,17)18/h4-6H,7-8H2,1-3H3. The van der Waals surface area contributed by atoms with Gasteiger partial charge in [-0.3, -0.25) is 0 Å². The van der Waals surface area contributed by atoms with Crippen LogP contribution in [0.4, 0.5) is 17.6 Å². The molecule has 6 heteroatoms. The van der Waals surface area contributed by atoms with Crippen LogP contribution in [0.15, 0.2) is 18.2 Å². The lowest BCUT2D eigenvalue weighted by Crippen LogP contribution is -2.16. The molecule has 0 N–H and O–H groups in total. The van der Waals surface area contributed by atoms with Crippen LogP contribution in [0.1, 0.15) is 43.1 Å². The third kappa shape index (κ3) is 4.51. The van der Waals surface area contributed by atoms with Gasteiger partial charge < -0.3 is 4.74 Å². The van der Waals surface area contributed by atoms with Gasteiger partial charge in [0.25, 0.3) is 0 Å². The summed E-state index contributed by atoms with van der Waals surface area (Å²) in [6.07, 6.45) is -4.31. The van der Waals surface area contributed by atoms with Crippen molar-refractivity contribution in [3.05, 3.63) is 35.1 Å². The van der Waals surface area contributed by atoms with Crippen molar-refractivity contribution in [2.45, 2.75) is 33.4 Å². The molecule has 0 radical (unpaired) electrons. The van der Waals surface area contributed by atoms with Crippen molar-refractivity contribution in [2.24, 2.45) is 5.41 Å². The second-order valence-electron chi connectivity index (χ2n) is 5.61. The maximum atomic E-state index is 13.7. The van der Waals surface area contributed by atoms with E-state index in [-0.39, 0.29) is 12.0 Å². The fourth-order valence-electron chi connectivity index (χ4n) is 1.44. The van der Waals surface area contributed by atoms with Gasteiger partial charge in [0.1, 0.15) is 5.82 Å². The van der Waals surface area contributed by atoms with Crippen LogP contribution in [-0.2, 0) is 10.9 Å². The summed E-state index contributed by atoms with van der Waals surface area (Å²) in [5, 5.41) is 0. The van der Waals surface area contributed by atoms with Crippen molar-refractivity contribution in [3.63, 3.8) is 0 Å². The summed E-state index contributed by atoms with van der Waals surface area (Å²) in [7, 11) is 0. The summed E-state index contributed by atoms with van der Waals surface area (Å²) in [5.41, 5.74) is -2.26. The first-order valence-electron chi connectivity index (χ1n) is 6.05. The van der Waals surface area contributed by atoms with Crippen molar-refractivity contribution in [1.29, 1.82) is 0 Å². The molecule has 0 atom stereocenters. The molecular weight excluding hydrogens is 276 g/mol. The number of rotatable bonds is 3. The van der Waals surface area contributed by atoms with E-state index < -0.39 is 29.1 Å². The molecule has 0 bridgehead atoms. The highest BCUT2D eigenvalue weighted by Crippen LogP contribution is 2.32. The Morgan fingerprint density at radius 3 is 2.30 bits per heavy atom. The molecule has 1 aromatic rings. The van der Waals surface area contributed by atoms with Crippen LogP contribution < -0.4 is 0 Å². The van der Waals surface area contributed by atoms with Gasteiger partial charge in [-0.2, -0.15) is 13.2 Å². The summed E-state index contributed by atoms with van der Waals surface area (Å²) in [6.45, 7) is 5.79. The number of ether oxygens (including phenoxy) is 1. The van der Waals surface area contributed by atoms with E-state index in [0.29, 0.717) is 12.5 Å². The SMILES string of the molecule is CC(C)(C)CCOC(=O)c1cccc(C(F)(F)F)c1F. The lowest BCUT2D eigenvalue weighted by atomic mass is 9.93. The molecule has 0 aliphatic rings. The Morgan fingerprint density at radius 2 is 1.80 bits per heavy atom. The number of alkyl halides is 3. The highest BCUT2D eigenvalue weighted by molar-refractivity contribution is 5.90. The lowest BCUT2D eigenvalue weighted by molar-refractivity contribution is -0.140. The third-order valence-electron chi connectivity index (χ3n) is 2.61. The van der Waals surface area contributed by atoms with E-state index in [1.54, 1.807) is 0 Å². The molecule has 112 valence electrons. The van der Waals surface area contributed by atoms with Crippen LogP contribution in [0, 0.1) is 11.2 Å². The van der Waals surface area contributed by atoms with E-state index in [9.17, 15) is 22.4 Å². The Labute approximate surface area is 114 Å². The fourth-order valence-corrected chi connectivity index (χ4v) is 1.44. The Hall–Kier alpha value is -1.59. The highest BCUT2D eigenvalue weighted by atomic mass is 19.4. The zero-order valence-corrected chi connectivity index (χ0v) is 11.5. The number of halogens is 4. The molecule has 2 nitrogen and oxygen atoms in total. The van der Waals surface area contributed by atoms with Gasteiger partial charge >= 0.3 is 12.1 Å². The first-order chi connectivity index (χ1) is 9.02. The van der Waals surface area contributed by atoms with Crippen LogP contribution in [0.2, 0.25) is 0 Å². The maximum Gasteiger partial charge on any atom is 0.419 e. The Balaban J connectivity index is 2.84. The summed E-state index contributed by atoms with van der Waals surface area (Å²) in [4.78, 5) is 11.6. The molecule has 0 heterocycles. The Morgan fingerprint density at radius 1 is 1.20 bits per heavy atom. The molecular formula is C14H16F4O2. The van der Waals surface area contributed by atoms with E-state index in [1.165, 1.54) is 0 Å². The average molecular weight is 292 g/mol. The van der Waals surface area contributed by atoms with Crippen LogP contribution in [0.25, 0.3) is 0 Å². The van der Waals surface area contributed by atoms with Crippen LogP contribution >= 0.6 is 0 Å². The molecule has 0 saturated heterocycles. The molecule has 0 aromatic heterocycles. The Kier molecular flexibility index (Phi) is 4.78. The van der Waals surface area contributed by atoms with Crippen LogP contribution in [-0.4, -0.2) is 12.6 Å². The molecule has 1 rings (SSSR count). The molecule has 0 aliphatic carbocycles. The molecule has 20 heavy (non-hydrogen) atoms. The van der Waals surface area contributed by atoms with E-state index in [2.05, 4.69) is 0 Å². The first kappa shape index (κ1) is 16.5. The molecule has 0 fully saturated rings. The van der Waals surface area contributed by atoms with E-state index in [1.807, 2.05) is 20.8 Å². The second kappa shape index (κ2) is 5.81. The summed E-state index contributed by atoms with van der Waals surface area (Å²) >= 11 is 0. The van der Waals surface area contributed by atoms with Crippen molar-refractivity contribution in [3.8, 4) is 0 Å². The van der Waals surface area contributed by atoms with Crippen molar-refractivity contribution in [1.82, 2.24) is 0 Å².